The molecule has 4 rings (SSSR count). The van der Waals surface area contributed by atoms with Crippen molar-refractivity contribution in [2.24, 2.45) is 4.99 Å². The quantitative estimate of drug-likeness (QED) is 0.699. The first kappa shape index (κ1) is 15.7. The Labute approximate surface area is 146 Å². The SMILES string of the molecule is C=NCc1ccn2c(-c3cncc(N[C@H]4CN[C@H](C)C4)n3)cnc2c1. The molecule has 2 N–H and O–H groups in total. The maximum atomic E-state index is 4.72. The number of pyridine rings is 1. The molecule has 0 amide bonds. The van der Waals surface area contributed by atoms with Gasteiger partial charge in [-0.15, -0.1) is 0 Å². The average Bonchev–Trinajstić information content (AvgIpc) is 3.21. The normalized spacial score (nSPS) is 20.0. The summed E-state index contributed by atoms with van der Waals surface area (Å²) >= 11 is 0. The van der Waals surface area contributed by atoms with Gasteiger partial charge in [-0.3, -0.25) is 14.4 Å². The Morgan fingerprint density at radius 2 is 2.32 bits per heavy atom. The van der Waals surface area contributed by atoms with Gasteiger partial charge in [0.25, 0.3) is 0 Å². The van der Waals surface area contributed by atoms with Gasteiger partial charge < -0.3 is 10.6 Å². The zero-order chi connectivity index (χ0) is 17.2. The molecular weight excluding hydrogens is 314 g/mol. The van der Waals surface area contributed by atoms with E-state index in [0.29, 0.717) is 18.6 Å². The lowest BCUT2D eigenvalue weighted by molar-refractivity contribution is 0.661. The van der Waals surface area contributed by atoms with Crippen molar-refractivity contribution in [2.75, 3.05) is 11.9 Å². The first-order valence-corrected chi connectivity index (χ1v) is 8.44. The first-order chi connectivity index (χ1) is 12.2. The van der Waals surface area contributed by atoms with Crippen molar-refractivity contribution < 1.29 is 0 Å². The molecule has 0 unspecified atom stereocenters. The molecule has 4 heterocycles. The molecule has 0 saturated carbocycles. The number of aliphatic imine (C=N–C) groups is 1. The van der Waals surface area contributed by atoms with Gasteiger partial charge in [-0.25, -0.2) is 9.97 Å². The second kappa shape index (κ2) is 6.60. The molecule has 3 aromatic heterocycles. The second-order valence-corrected chi connectivity index (χ2v) is 6.46. The molecule has 1 fully saturated rings. The van der Waals surface area contributed by atoms with E-state index in [1.54, 1.807) is 12.4 Å². The fourth-order valence-corrected chi connectivity index (χ4v) is 3.25. The lowest BCUT2D eigenvalue weighted by atomic mass is 10.2. The zero-order valence-electron chi connectivity index (χ0n) is 14.2. The summed E-state index contributed by atoms with van der Waals surface area (Å²) in [6.07, 6.45) is 8.44. The Morgan fingerprint density at radius 1 is 1.40 bits per heavy atom. The molecule has 7 nitrogen and oxygen atoms in total. The topological polar surface area (TPSA) is 79.5 Å². The third-order valence-corrected chi connectivity index (χ3v) is 4.47. The van der Waals surface area contributed by atoms with Crippen molar-refractivity contribution in [3.63, 3.8) is 0 Å². The van der Waals surface area contributed by atoms with E-state index >= 15 is 0 Å². The van der Waals surface area contributed by atoms with Crippen molar-refractivity contribution in [1.29, 1.82) is 0 Å². The Morgan fingerprint density at radius 3 is 3.12 bits per heavy atom. The minimum absolute atomic E-state index is 0.385. The van der Waals surface area contributed by atoms with Crippen molar-refractivity contribution >= 4 is 18.2 Å². The third kappa shape index (κ3) is 3.23. The predicted molar refractivity (Wildman–Crippen MR) is 99.0 cm³/mol. The highest BCUT2D eigenvalue weighted by Gasteiger charge is 2.20. The molecule has 0 spiro atoms. The molecule has 0 aliphatic carbocycles. The lowest BCUT2D eigenvalue weighted by Gasteiger charge is -2.12. The van der Waals surface area contributed by atoms with E-state index in [1.165, 1.54) is 0 Å². The standard InChI is InChI=1S/C18H21N7/c1-12-5-14(8-21-12)23-17-11-20-9-15(24-17)16-10-22-18-6-13(7-19-2)3-4-25(16)18/h3-4,6,9-12,14,21H,2,5,7-8H2,1H3,(H,23,24)/t12-,14-/m1/s1. The van der Waals surface area contributed by atoms with Crippen LogP contribution in [0.3, 0.4) is 0 Å². The van der Waals surface area contributed by atoms with Gasteiger partial charge in [-0.2, -0.15) is 0 Å². The highest BCUT2D eigenvalue weighted by Crippen LogP contribution is 2.21. The molecule has 128 valence electrons. The highest BCUT2D eigenvalue weighted by atomic mass is 15.1. The van der Waals surface area contributed by atoms with Gasteiger partial charge >= 0.3 is 0 Å². The van der Waals surface area contributed by atoms with Gasteiger partial charge in [0.1, 0.15) is 17.2 Å². The highest BCUT2D eigenvalue weighted by molar-refractivity contribution is 5.61. The minimum atomic E-state index is 0.385. The van der Waals surface area contributed by atoms with Gasteiger partial charge in [-0.05, 0) is 37.8 Å². The van der Waals surface area contributed by atoms with Crippen LogP contribution in [0.15, 0.2) is 41.9 Å². The van der Waals surface area contributed by atoms with Gasteiger partial charge in [0.2, 0.25) is 0 Å². The van der Waals surface area contributed by atoms with Crippen LogP contribution in [0.1, 0.15) is 18.9 Å². The van der Waals surface area contributed by atoms with E-state index in [2.05, 4.69) is 39.2 Å². The number of fused-ring (bicyclic) bond motifs is 1. The Hall–Kier alpha value is -2.80. The predicted octanol–water partition coefficient (Wildman–Crippen LogP) is 2.15. The van der Waals surface area contributed by atoms with Crippen LogP contribution in [0.5, 0.6) is 0 Å². The molecular formula is C18H21N7. The maximum absolute atomic E-state index is 4.72. The Kier molecular flexibility index (Phi) is 4.15. The summed E-state index contributed by atoms with van der Waals surface area (Å²) in [5.41, 5.74) is 3.67. The lowest BCUT2D eigenvalue weighted by Crippen LogP contribution is -2.23. The number of nitrogens with one attached hydrogen (secondary N) is 2. The first-order valence-electron chi connectivity index (χ1n) is 8.44. The number of hydrogen-bond acceptors (Lipinski definition) is 6. The van der Waals surface area contributed by atoms with Crippen LogP contribution < -0.4 is 10.6 Å². The van der Waals surface area contributed by atoms with Crippen molar-refractivity contribution in [3.8, 4) is 11.4 Å². The molecule has 0 radical (unpaired) electrons. The summed E-state index contributed by atoms with van der Waals surface area (Å²) in [5.74, 6) is 0.792. The number of hydrogen-bond donors (Lipinski definition) is 2. The molecule has 0 aromatic carbocycles. The van der Waals surface area contributed by atoms with Crippen LogP contribution in [0.2, 0.25) is 0 Å². The van der Waals surface area contributed by atoms with Crippen LogP contribution >= 0.6 is 0 Å². The van der Waals surface area contributed by atoms with Crippen LogP contribution in [0, 0.1) is 0 Å². The van der Waals surface area contributed by atoms with E-state index in [0.717, 1.165) is 41.4 Å². The summed E-state index contributed by atoms with van der Waals surface area (Å²) < 4.78 is 2.01. The van der Waals surface area contributed by atoms with Gasteiger partial charge in [-0.1, -0.05) is 0 Å². The molecule has 3 aromatic rings. The molecule has 2 atom stereocenters. The van der Waals surface area contributed by atoms with Crippen LogP contribution in [0.4, 0.5) is 5.82 Å². The average molecular weight is 335 g/mol. The molecule has 7 heteroatoms. The van der Waals surface area contributed by atoms with Gasteiger partial charge in [0.05, 0.1) is 30.8 Å². The van der Waals surface area contributed by atoms with Crippen molar-refractivity contribution in [1.82, 2.24) is 24.7 Å². The number of imidazole rings is 1. The number of aromatic nitrogens is 4. The summed E-state index contributed by atoms with van der Waals surface area (Å²) in [6, 6.07) is 4.95. The Bertz CT molecular complexity index is 901. The smallest absolute Gasteiger partial charge is 0.145 e. The fourth-order valence-electron chi connectivity index (χ4n) is 3.25. The molecule has 1 aliphatic rings. The molecule has 25 heavy (non-hydrogen) atoms. The van der Waals surface area contributed by atoms with Crippen molar-refractivity contribution in [3.05, 3.63) is 42.5 Å². The van der Waals surface area contributed by atoms with E-state index in [4.69, 9.17) is 4.98 Å². The molecule has 1 aliphatic heterocycles. The largest absolute Gasteiger partial charge is 0.365 e. The number of nitrogens with zero attached hydrogens (tertiary/aromatic N) is 5. The Balaban J connectivity index is 1.62. The minimum Gasteiger partial charge on any atom is -0.365 e. The number of anilines is 1. The fraction of sp³-hybridized carbons (Fsp3) is 0.333. The van der Waals surface area contributed by atoms with Gasteiger partial charge in [0, 0.05) is 24.8 Å². The summed E-state index contributed by atoms with van der Waals surface area (Å²) in [4.78, 5) is 17.5. The maximum Gasteiger partial charge on any atom is 0.145 e. The van der Waals surface area contributed by atoms with Crippen LogP contribution in [0.25, 0.3) is 17.0 Å². The van der Waals surface area contributed by atoms with Crippen LogP contribution in [-0.4, -0.2) is 44.7 Å². The van der Waals surface area contributed by atoms with E-state index in [-0.39, 0.29) is 0 Å². The van der Waals surface area contributed by atoms with Crippen LogP contribution in [-0.2, 0) is 6.54 Å². The summed E-state index contributed by atoms with van der Waals surface area (Å²) in [7, 11) is 0. The third-order valence-electron chi connectivity index (χ3n) is 4.47. The summed E-state index contributed by atoms with van der Waals surface area (Å²) in [5, 5.41) is 6.90. The molecule has 0 bridgehead atoms. The van der Waals surface area contributed by atoms with E-state index in [1.807, 2.05) is 28.9 Å². The van der Waals surface area contributed by atoms with Crippen molar-refractivity contribution in [2.45, 2.75) is 32.0 Å². The van der Waals surface area contributed by atoms with E-state index < -0.39 is 0 Å². The number of rotatable bonds is 5. The second-order valence-electron chi connectivity index (χ2n) is 6.46. The monoisotopic (exact) mass is 335 g/mol. The summed E-state index contributed by atoms with van der Waals surface area (Å²) in [6.45, 7) is 7.27. The van der Waals surface area contributed by atoms with E-state index in [9.17, 15) is 0 Å². The van der Waals surface area contributed by atoms with Gasteiger partial charge in [0.15, 0.2) is 0 Å². The zero-order valence-corrected chi connectivity index (χ0v) is 14.2. The molecule has 1 saturated heterocycles.